The van der Waals surface area contributed by atoms with Gasteiger partial charge in [0.2, 0.25) is 0 Å². The van der Waals surface area contributed by atoms with Crippen LogP contribution in [0.25, 0.3) is 6.08 Å². The first kappa shape index (κ1) is 7.66. The van der Waals surface area contributed by atoms with Crippen LogP contribution in [-0.4, -0.2) is 11.3 Å². The topological polar surface area (TPSA) is 30.0 Å². The molecule has 1 aromatic rings. The Bertz CT molecular complexity index is 264. The molecule has 0 bridgehead atoms. The number of allylic oxidation sites excluding steroid dienone is 1. The first-order valence-electron chi connectivity index (χ1n) is 3.37. The molecule has 0 saturated carbocycles. The fourth-order valence-electron chi connectivity index (χ4n) is 0.729. The third-order valence-electron chi connectivity index (χ3n) is 1.25. The van der Waals surface area contributed by atoms with Crippen molar-refractivity contribution in [1.82, 2.24) is 4.98 Å². The summed E-state index contributed by atoms with van der Waals surface area (Å²) in [4.78, 5) is 14.2. The maximum atomic E-state index is 10.2. The number of hydrogen-bond acceptors (Lipinski definition) is 2. The molecule has 2 heteroatoms. The molecule has 0 aromatic carbocycles. The Balaban J connectivity index is 2.87. The standard InChI is InChI=1S/C9H9NO/c1-8(7-11)6-9-4-2-3-5-10-9/h2-7H,1H3/b8-6+. The van der Waals surface area contributed by atoms with Crippen LogP contribution in [0.5, 0.6) is 0 Å². The van der Waals surface area contributed by atoms with E-state index in [-0.39, 0.29) is 0 Å². The molecule has 1 aromatic heterocycles. The van der Waals surface area contributed by atoms with E-state index < -0.39 is 0 Å². The summed E-state index contributed by atoms with van der Waals surface area (Å²) < 4.78 is 0. The van der Waals surface area contributed by atoms with Gasteiger partial charge in [-0.15, -0.1) is 0 Å². The van der Waals surface area contributed by atoms with Crippen molar-refractivity contribution < 1.29 is 4.79 Å². The van der Waals surface area contributed by atoms with Crippen molar-refractivity contribution in [2.24, 2.45) is 0 Å². The molecular weight excluding hydrogens is 138 g/mol. The summed E-state index contributed by atoms with van der Waals surface area (Å²) >= 11 is 0. The second kappa shape index (κ2) is 3.66. The number of aldehydes is 1. The summed E-state index contributed by atoms with van der Waals surface area (Å²) in [7, 11) is 0. The molecule has 0 spiro atoms. The van der Waals surface area contributed by atoms with Crippen molar-refractivity contribution in [3.05, 3.63) is 35.7 Å². The smallest absolute Gasteiger partial charge is 0.145 e. The molecule has 0 saturated heterocycles. The summed E-state index contributed by atoms with van der Waals surface area (Å²) in [5.74, 6) is 0. The lowest BCUT2D eigenvalue weighted by Gasteiger charge is -1.90. The Kier molecular flexibility index (Phi) is 2.55. The molecule has 0 fully saturated rings. The average Bonchev–Trinajstić information content (AvgIpc) is 2.06. The predicted molar refractivity (Wildman–Crippen MR) is 44.0 cm³/mol. The molecule has 0 atom stereocenters. The van der Waals surface area contributed by atoms with Crippen molar-refractivity contribution in [2.75, 3.05) is 0 Å². The number of carbonyl (C=O) groups excluding carboxylic acids is 1. The quantitative estimate of drug-likeness (QED) is 0.470. The number of hydrogen-bond donors (Lipinski definition) is 0. The van der Waals surface area contributed by atoms with Gasteiger partial charge >= 0.3 is 0 Å². The third-order valence-corrected chi connectivity index (χ3v) is 1.25. The van der Waals surface area contributed by atoms with Gasteiger partial charge in [-0.2, -0.15) is 0 Å². The maximum absolute atomic E-state index is 10.2. The molecule has 1 rings (SSSR count). The predicted octanol–water partition coefficient (Wildman–Crippen LogP) is 1.68. The first-order chi connectivity index (χ1) is 5.33. The Labute approximate surface area is 65.6 Å². The zero-order valence-corrected chi connectivity index (χ0v) is 6.32. The lowest BCUT2D eigenvalue weighted by Crippen LogP contribution is -1.80. The Hall–Kier alpha value is -1.44. The van der Waals surface area contributed by atoms with E-state index in [0.29, 0.717) is 5.57 Å². The number of nitrogens with zero attached hydrogens (tertiary/aromatic N) is 1. The van der Waals surface area contributed by atoms with E-state index >= 15 is 0 Å². The Morgan fingerprint density at radius 3 is 2.91 bits per heavy atom. The largest absolute Gasteiger partial charge is 0.298 e. The second-order valence-electron chi connectivity index (χ2n) is 2.26. The van der Waals surface area contributed by atoms with E-state index in [2.05, 4.69) is 4.98 Å². The van der Waals surface area contributed by atoms with Gasteiger partial charge in [0, 0.05) is 6.20 Å². The van der Waals surface area contributed by atoms with Crippen LogP contribution in [0.1, 0.15) is 12.6 Å². The number of carbonyl (C=O) groups is 1. The minimum atomic E-state index is 0.684. The number of rotatable bonds is 2. The summed E-state index contributed by atoms with van der Waals surface area (Å²) in [6.45, 7) is 1.75. The minimum absolute atomic E-state index is 0.684. The van der Waals surface area contributed by atoms with Crippen LogP contribution in [0.2, 0.25) is 0 Å². The minimum Gasteiger partial charge on any atom is -0.298 e. The van der Waals surface area contributed by atoms with Crippen LogP contribution in [0, 0.1) is 0 Å². The molecule has 2 nitrogen and oxygen atoms in total. The molecule has 11 heavy (non-hydrogen) atoms. The Morgan fingerprint density at radius 2 is 2.36 bits per heavy atom. The lowest BCUT2D eigenvalue weighted by atomic mass is 10.2. The Morgan fingerprint density at radius 1 is 1.55 bits per heavy atom. The van der Waals surface area contributed by atoms with Gasteiger partial charge < -0.3 is 0 Å². The van der Waals surface area contributed by atoms with Crippen LogP contribution in [0.15, 0.2) is 30.0 Å². The van der Waals surface area contributed by atoms with Crippen LogP contribution in [0.4, 0.5) is 0 Å². The molecule has 0 aliphatic rings. The van der Waals surface area contributed by atoms with Crippen LogP contribution < -0.4 is 0 Å². The van der Waals surface area contributed by atoms with E-state index in [0.717, 1.165) is 12.0 Å². The van der Waals surface area contributed by atoms with Gasteiger partial charge in [0.1, 0.15) is 6.29 Å². The lowest BCUT2D eigenvalue weighted by molar-refractivity contribution is -0.104. The highest BCUT2D eigenvalue weighted by atomic mass is 16.1. The molecule has 1 heterocycles. The molecule has 56 valence electrons. The van der Waals surface area contributed by atoms with Gasteiger partial charge in [-0.25, -0.2) is 0 Å². The zero-order chi connectivity index (χ0) is 8.10. The van der Waals surface area contributed by atoms with Gasteiger partial charge in [0.05, 0.1) is 5.69 Å². The van der Waals surface area contributed by atoms with Gasteiger partial charge in [-0.05, 0) is 30.7 Å². The average molecular weight is 147 g/mol. The number of pyridine rings is 1. The fourth-order valence-corrected chi connectivity index (χ4v) is 0.729. The molecule has 0 amide bonds. The zero-order valence-electron chi connectivity index (χ0n) is 6.32. The van der Waals surface area contributed by atoms with E-state index in [1.165, 1.54) is 0 Å². The molecule has 0 unspecified atom stereocenters. The summed E-state index contributed by atoms with van der Waals surface area (Å²) in [6.07, 6.45) is 4.26. The normalized spacial score (nSPS) is 11.2. The van der Waals surface area contributed by atoms with Crippen molar-refractivity contribution in [3.63, 3.8) is 0 Å². The van der Waals surface area contributed by atoms with E-state index in [4.69, 9.17) is 0 Å². The van der Waals surface area contributed by atoms with Gasteiger partial charge in [-0.3, -0.25) is 9.78 Å². The second-order valence-corrected chi connectivity index (χ2v) is 2.26. The van der Waals surface area contributed by atoms with Gasteiger partial charge in [-0.1, -0.05) is 6.07 Å². The van der Waals surface area contributed by atoms with Crippen molar-refractivity contribution in [3.8, 4) is 0 Å². The van der Waals surface area contributed by atoms with Gasteiger partial charge in [0.25, 0.3) is 0 Å². The highest BCUT2D eigenvalue weighted by Gasteiger charge is 1.87. The van der Waals surface area contributed by atoms with Crippen LogP contribution in [0.3, 0.4) is 0 Å². The van der Waals surface area contributed by atoms with E-state index in [1.54, 1.807) is 19.2 Å². The van der Waals surface area contributed by atoms with Crippen LogP contribution >= 0.6 is 0 Å². The van der Waals surface area contributed by atoms with Gasteiger partial charge in [0.15, 0.2) is 0 Å². The first-order valence-corrected chi connectivity index (χ1v) is 3.37. The molecule has 0 radical (unpaired) electrons. The van der Waals surface area contributed by atoms with Crippen molar-refractivity contribution in [1.29, 1.82) is 0 Å². The van der Waals surface area contributed by atoms with Crippen molar-refractivity contribution in [2.45, 2.75) is 6.92 Å². The van der Waals surface area contributed by atoms with E-state index in [9.17, 15) is 4.79 Å². The third kappa shape index (κ3) is 2.34. The monoisotopic (exact) mass is 147 g/mol. The van der Waals surface area contributed by atoms with Crippen molar-refractivity contribution >= 4 is 12.4 Å². The maximum Gasteiger partial charge on any atom is 0.145 e. The number of aromatic nitrogens is 1. The summed E-state index contributed by atoms with van der Waals surface area (Å²) in [6, 6.07) is 5.58. The SMILES string of the molecule is C/C(C=O)=C\c1ccccn1. The summed E-state index contributed by atoms with van der Waals surface area (Å²) in [5, 5.41) is 0. The molecule has 0 N–H and O–H groups in total. The highest BCUT2D eigenvalue weighted by molar-refractivity contribution is 5.79. The summed E-state index contributed by atoms with van der Waals surface area (Å²) in [5.41, 5.74) is 1.50. The fraction of sp³-hybridized carbons (Fsp3) is 0.111. The van der Waals surface area contributed by atoms with Crippen LogP contribution in [-0.2, 0) is 4.79 Å². The molecule has 0 aliphatic heterocycles. The van der Waals surface area contributed by atoms with E-state index in [1.807, 2.05) is 18.2 Å². The molecule has 0 aliphatic carbocycles. The highest BCUT2D eigenvalue weighted by Crippen LogP contribution is 1.99. The molecular formula is C9H9NO.